The third kappa shape index (κ3) is 5.43. The summed E-state index contributed by atoms with van der Waals surface area (Å²) in [6.07, 6.45) is 1.00. The molecule has 0 unspecified atom stereocenters. The molecule has 0 fully saturated rings. The summed E-state index contributed by atoms with van der Waals surface area (Å²) in [6.45, 7) is 5.90. The molecular weight excluding hydrogens is 334 g/mol. The van der Waals surface area contributed by atoms with E-state index in [1.54, 1.807) is 25.1 Å². The molecule has 134 valence electrons. The number of aryl methyl sites for hydroxylation is 1. The van der Waals surface area contributed by atoms with Crippen molar-refractivity contribution in [2.24, 2.45) is 0 Å². The van der Waals surface area contributed by atoms with E-state index in [0.717, 1.165) is 5.56 Å². The largest absolute Gasteiger partial charge is 0.326 e. The molecular formula is C20H25NO3S. The predicted octanol–water partition coefficient (Wildman–Crippen LogP) is 4.17. The van der Waals surface area contributed by atoms with Gasteiger partial charge in [0.05, 0.1) is 10.6 Å². The zero-order valence-corrected chi connectivity index (χ0v) is 15.8. The van der Waals surface area contributed by atoms with Crippen molar-refractivity contribution in [2.75, 3.05) is 11.1 Å². The number of rotatable bonds is 7. The molecule has 2 aromatic rings. The van der Waals surface area contributed by atoms with Gasteiger partial charge in [-0.15, -0.1) is 0 Å². The van der Waals surface area contributed by atoms with Gasteiger partial charge >= 0.3 is 0 Å². The van der Waals surface area contributed by atoms with E-state index in [1.165, 1.54) is 11.6 Å². The number of carbonyl (C=O) groups excluding carboxylic acids is 1. The molecule has 1 N–H and O–H groups in total. The normalized spacial score (nSPS) is 11.5. The van der Waals surface area contributed by atoms with Crippen molar-refractivity contribution in [1.29, 1.82) is 0 Å². The second-order valence-corrected chi connectivity index (χ2v) is 8.65. The fourth-order valence-electron chi connectivity index (χ4n) is 2.48. The van der Waals surface area contributed by atoms with Gasteiger partial charge in [0.2, 0.25) is 5.91 Å². The summed E-state index contributed by atoms with van der Waals surface area (Å²) in [5.41, 5.74) is 2.90. The smallest absolute Gasteiger partial charge is 0.224 e. The molecule has 0 saturated heterocycles. The second-order valence-electron chi connectivity index (χ2n) is 6.38. The van der Waals surface area contributed by atoms with Gasteiger partial charge in [-0.2, -0.15) is 0 Å². The minimum Gasteiger partial charge on any atom is -0.326 e. The molecule has 2 aromatic carbocycles. The molecule has 5 heteroatoms. The summed E-state index contributed by atoms with van der Waals surface area (Å²) in [6, 6.07) is 14.7. The van der Waals surface area contributed by atoms with Crippen molar-refractivity contribution in [1.82, 2.24) is 0 Å². The molecule has 0 aliphatic heterocycles. The highest BCUT2D eigenvalue weighted by Crippen LogP contribution is 2.18. The maximum atomic E-state index is 12.1. The van der Waals surface area contributed by atoms with Crippen LogP contribution in [0.3, 0.4) is 0 Å². The lowest BCUT2D eigenvalue weighted by Gasteiger charge is -2.09. The Labute approximate surface area is 150 Å². The molecule has 2 rings (SSSR count). The van der Waals surface area contributed by atoms with Crippen LogP contribution >= 0.6 is 0 Å². The third-order valence-electron chi connectivity index (χ3n) is 4.14. The van der Waals surface area contributed by atoms with E-state index in [1.807, 2.05) is 0 Å². The van der Waals surface area contributed by atoms with E-state index in [0.29, 0.717) is 24.4 Å². The summed E-state index contributed by atoms with van der Waals surface area (Å²) in [5, 5.41) is 2.77. The molecule has 4 nitrogen and oxygen atoms in total. The number of anilines is 1. The molecule has 25 heavy (non-hydrogen) atoms. The molecule has 0 radical (unpaired) electrons. The molecule has 0 bridgehead atoms. The number of hydrogen-bond donors (Lipinski definition) is 1. The van der Waals surface area contributed by atoms with Crippen LogP contribution in [-0.4, -0.2) is 20.1 Å². The van der Waals surface area contributed by atoms with Gasteiger partial charge in [-0.25, -0.2) is 8.42 Å². The summed E-state index contributed by atoms with van der Waals surface area (Å²) < 4.78 is 23.8. The first-order chi connectivity index (χ1) is 11.8. The maximum absolute atomic E-state index is 12.1. The van der Waals surface area contributed by atoms with Crippen LogP contribution in [0.1, 0.15) is 44.2 Å². The number of amides is 1. The van der Waals surface area contributed by atoms with Crippen molar-refractivity contribution >= 4 is 21.4 Å². The molecule has 0 spiro atoms. The highest BCUT2D eigenvalue weighted by atomic mass is 32.2. The van der Waals surface area contributed by atoms with Crippen molar-refractivity contribution in [3.63, 3.8) is 0 Å². The molecule has 1 amide bonds. The standard InChI is InChI=1S/C20H25NO3S/c1-4-25(23,24)19-7-5-6-18(14-19)21-20(22)13-10-16-8-11-17(12-9-16)15(2)3/h5-9,11-12,14-15H,4,10,13H2,1-3H3,(H,21,22). The average Bonchev–Trinajstić information content (AvgIpc) is 2.60. The van der Waals surface area contributed by atoms with E-state index in [2.05, 4.69) is 43.4 Å². The molecule has 0 saturated carbocycles. The van der Waals surface area contributed by atoms with Crippen molar-refractivity contribution in [2.45, 2.75) is 44.4 Å². The lowest BCUT2D eigenvalue weighted by Crippen LogP contribution is -2.13. The highest BCUT2D eigenvalue weighted by Gasteiger charge is 2.12. The van der Waals surface area contributed by atoms with Gasteiger partial charge in [0.25, 0.3) is 0 Å². The number of hydrogen-bond acceptors (Lipinski definition) is 3. The van der Waals surface area contributed by atoms with Crippen LogP contribution in [0.25, 0.3) is 0 Å². The molecule has 0 aliphatic carbocycles. The Hall–Kier alpha value is -2.14. The minimum atomic E-state index is -3.27. The van der Waals surface area contributed by atoms with E-state index < -0.39 is 9.84 Å². The zero-order chi connectivity index (χ0) is 18.4. The summed E-state index contributed by atoms with van der Waals surface area (Å²) in [5.74, 6) is 0.402. The van der Waals surface area contributed by atoms with Crippen molar-refractivity contribution < 1.29 is 13.2 Å². The Morgan fingerprint density at radius 2 is 1.76 bits per heavy atom. The fraction of sp³-hybridized carbons (Fsp3) is 0.350. The van der Waals surface area contributed by atoms with Crippen LogP contribution in [0.15, 0.2) is 53.4 Å². The zero-order valence-electron chi connectivity index (χ0n) is 15.0. The van der Waals surface area contributed by atoms with Gasteiger partial charge in [-0.3, -0.25) is 4.79 Å². The SMILES string of the molecule is CCS(=O)(=O)c1cccc(NC(=O)CCc2ccc(C(C)C)cc2)c1. The van der Waals surface area contributed by atoms with E-state index in [4.69, 9.17) is 0 Å². The quantitative estimate of drug-likeness (QED) is 0.807. The van der Waals surface area contributed by atoms with Crippen LogP contribution in [-0.2, 0) is 21.1 Å². The van der Waals surface area contributed by atoms with Gasteiger partial charge < -0.3 is 5.32 Å². The Bertz CT molecular complexity index is 824. The monoisotopic (exact) mass is 359 g/mol. The molecule has 0 aromatic heterocycles. The Morgan fingerprint density at radius 3 is 2.36 bits per heavy atom. The van der Waals surface area contributed by atoms with E-state index >= 15 is 0 Å². The highest BCUT2D eigenvalue weighted by molar-refractivity contribution is 7.91. The number of carbonyl (C=O) groups is 1. The maximum Gasteiger partial charge on any atom is 0.224 e. The molecule has 0 aliphatic rings. The van der Waals surface area contributed by atoms with Crippen LogP contribution < -0.4 is 5.32 Å². The predicted molar refractivity (Wildman–Crippen MR) is 102 cm³/mol. The van der Waals surface area contributed by atoms with Crippen LogP contribution in [0.2, 0.25) is 0 Å². The van der Waals surface area contributed by atoms with Crippen molar-refractivity contribution in [3.05, 3.63) is 59.7 Å². The van der Waals surface area contributed by atoms with Crippen LogP contribution in [0.4, 0.5) is 5.69 Å². The first-order valence-corrected chi connectivity index (χ1v) is 10.2. The van der Waals surface area contributed by atoms with Gasteiger partial charge in [0.1, 0.15) is 0 Å². The number of sulfone groups is 1. The lowest BCUT2D eigenvalue weighted by molar-refractivity contribution is -0.116. The Morgan fingerprint density at radius 1 is 1.08 bits per heavy atom. The first-order valence-electron chi connectivity index (χ1n) is 8.53. The molecule has 0 heterocycles. The fourth-order valence-corrected chi connectivity index (χ4v) is 3.41. The number of benzene rings is 2. The average molecular weight is 359 g/mol. The summed E-state index contributed by atoms with van der Waals surface area (Å²) >= 11 is 0. The van der Waals surface area contributed by atoms with Crippen LogP contribution in [0.5, 0.6) is 0 Å². The Balaban J connectivity index is 1.95. The topological polar surface area (TPSA) is 63.2 Å². The summed E-state index contributed by atoms with van der Waals surface area (Å²) in [4.78, 5) is 12.4. The molecule has 0 atom stereocenters. The van der Waals surface area contributed by atoms with Crippen LogP contribution in [0, 0.1) is 0 Å². The van der Waals surface area contributed by atoms with E-state index in [9.17, 15) is 13.2 Å². The van der Waals surface area contributed by atoms with Crippen molar-refractivity contribution in [3.8, 4) is 0 Å². The lowest BCUT2D eigenvalue weighted by atomic mass is 10.0. The van der Waals surface area contributed by atoms with Gasteiger partial charge in [0, 0.05) is 12.1 Å². The minimum absolute atomic E-state index is 0.0385. The van der Waals surface area contributed by atoms with Gasteiger partial charge in [-0.1, -0.05) is 51.1 Å². The summed E-state index contributed by atoms with van der Waals surface area (Å²) in [7, 11) is -3.27. The number of nitrogens with one attached hydrogen (secondary N) is 1. The van der Waals surface area contributed by atoms with Gasteiger partial charge in [-0.05, 0) is 41.7 Å². The second kappa shape index (κ2) is 8.30. The Kier molecular flexibility index (Phi) is 6.37. The van der Waals surface area contributed by atoms with Gasteiger partial charge in [0.15, 0.2) is 9.84 Å². The third-order valence-corrected chi connectivity index (χ3v) is 5.88. The first kappa shape index (κ1) is 19.2. The van der Waals surface area contributed by atoms with E-state index in [-0.39, 0.29) is 16.6 Å².